The van der Waals surface area contributed by atoms with Gasteiger partial charge in [-0.2, -0.15) is 0 Å². The maximum atomic E-state index is 5.76. The van der Waals surface area contributed by atoms with Crippen molar-refractivity contribution < 1.29 is 0 Å². The quantitative estimate of drug-likeness (QED) is 0.531. The molecule has 3 aromatic heterocycles. The number of nitrogen functional groups attached to an aromatic ring is 1. The number of aromatic nitrogens is 3. The van der Waals surface area contributed by atoms with Crippen LogP contribution in [0.15, 0.2) is 67.0 Å². The van der Waals surface area contributed by atoms with E-state index >= 15 is 0 Å². The number of nitrogens with zero attached hydrogens (tertiary/aromatic N) is 4. The highest BCUT2D eigenvalue weighted by atomic mass is 15.2. The van der Waals surface area contributed by atoms with Crippen LogP contribution in [0.3, 0.4) is 0 Å². The Morgan fingerprint density at radius 3 is 2.80 bits per heavy atom. The fourth-order valence-electron chi connectivity index (χ4n) is 4.47. The number of aryl methyl sites for hydroxylation is 1. The van der Waals surface area contributed by atoms with Crippen molar-refractivity contribution in [3.63, 3.8) is 0 Å². The SMILES string of the molecule is Cc1cc(-c2ccc(N)nc2)cc([C@@H]2CCCN2Cc2ccnc3ccccc23)n1. The molecule has 5 heteroatoms. The molecular formula is C25H25N5. The van der Waals surface area contributed by atoms with Crippen LogP contribution in [-0.2, 0) is 6.54 Å². The lowest BCUT2D eigenvalue weighted by atomic mass is 10.0. The third-order valence-corrected chi connectivity index (χ3v) is 5.91. The van der Waals surface area contributed by atoms with Crippen LogP contribution in [0.4, 0.5) is 5.82 Å². The molecule has 30 heavy (non-hydrogen) atoms. The molecule has 0 radical (unpaired) electrons. The Labute approximate surface area is 176 Å². The van der Waals surface area contributed by atoms with Gasteiger partial charge in [0.1, 0.15) is 5.82 Å². The Kier molecular flexibility index (Phi) is 4.89. The molecule has 0 amide bonds. The molecular weight excluding hydrogens is 370 g/mol. The molecule has 0 bridgehead atoms. The number of anilines is 1. The standard InChI is InChI=1S/C25H25N5/c1-17-13-20(18-8-9-25(26)28-15-18)14-23(29-17)24-7-4-12-30(24)16-19-10-11-27-22-6-3-2-5-21(19)22/h2-3,5-6,8-11,13-15,24H,4,7,12,16H2,1H3,(H2,26,28)/t24-/m0/s1. The number of para-hydroxylation sites is 1. The Hall–Kier alpha value is -3.31. The van der Waals surface area contributed by atoms with Gasteiger partial charge in [0.25, 0.3) is 0 Å². The van der Waals surface area contributed by atoms with Gasteiger partial charge in [-0.15, -0.1) is 0 Å². The minimum Gasteiger partial charge on any atom is -0.384 e. The van der Waals surface area contributed by atoms with Crippen molar-refractivity contribution in [1.29, 1.82) is 0 Å². The normalized spacial score (nSPS) is 16.9. The summed E-state index contributed by atoms with van der Waals surface area (Å²) in [4.78, 5) is 16.2. The van der Waals surface area contributed by atoms with Gasteiger partial charge in [-0.1, -0.05) is 18.2 Å². The molecule has 1 fully saturated rings. The number of hydrogen-bond acceptors (Lipinski definition) is 5. The Morgan fingerprint density at radius 2 is 1.93 bits per heavy atom. The molecule has 0 aliphatic carbocycles. The third kappa shape index (κ3) is 3.64. The van der Waals surface area contributed by atoms with Gasteiger partial charge >= 0.3 is 0 Å². The van der Waals surface area contributed by atoms with Crippen LogP contribution in [0, 0.1) is 6.92 Å². The van der Waals surface area contributed by atoms with E-state index in [9.17, 15) is 0 Å². The van der Waals surface area contributed by atoms with Crippen LogP contribution in [0.5, 0.6) is 0 Å². The van der Waals surface area contributed by atoms with E-state index in [0.29, 0.717) is 11.9 Å². The lowest BCUT2D eigenvalue weighted by Crippen LogP contribution is -2.24. The smallest absolute Gasteiger partial charge is 0.123 e. The highest BCUT2D eigenvalue weighted by molar-refractivity contribution is 5.81. The van der Waals surface area contributed by atoms with Crippen molar-refractivity contribution in [3.8, 4) is 11.1 Å². The lowest BCUT2D eigenvalue weighted by Gasteiger charge is -2.25. The topological polar surface area (TPSA) is 67.9 Å². The maximum absolute atomic E-state index is 5.76. The summed E-state index contributed by atoms with van der Waals surface area (Å²) >= 11 is 0. The van der Waals surface area contributed by atoms with Crippen molar-refractivity contribution in [3.05, 3.63) is 83.9 Å². The van der Waals surface area contributed by atoms with E-state index in [1.54, 1.807) is 0 Å². The zero-order valence-corrected chi connectivity index (χ0v) is 17.1. The summed E-state index contributed by atoms with van der Waals surface area (Å²) in [5, 5.41) is 1.23. The number of pyridine rings is 3. The highest BCUT2D eigenvalue weighted by Gasteiger charge is 2.28. The number of nitrogens with two attached hydrogens (primary N) is 1. The largest absolute Gasteiger partial charge is 0.384 e. The van der Waals surface area contributed by atoms with Crippen LogP contribution in [0.2, 0.25) is 0 Å². The Morgan fingerprint density at radius 1 is 1.03 bits per heavy atom. The Balaban J connectivity index is 1.47. The van der Waals surface area contributed by atoms with E-state index in [1.165, 1.54) is 17.4 Å². The molecule has 4 heterocycles. The first kappa shape index (κ1) is 18.7. The van der Waals surface area contributed by atoms with Crippen LogP contribution in [0.25, 0.3) is 22.0 Å². The summed E-state index contributed by atoms with van der Waals surface area (Å²) in [7, 11) is 0. The second-order valence-corrected chi connectivity index (χ2v) is 8.01. The summed E-state index contributed by atoms with van der Waals surface area (Å²) in [6.45, 7) is 4.05. The number of hydrogen-bond donors (Lipinski definition) is 1. The summed E-state index contributed by atoms with van der Waals surface area (Å²) in [6.07, 6.45) is 6.06. The van der Waals surface area contributed by atoms with E-state index in [4.69, 9.17) is 10.7 Å². The predicted molar refractivity (Wildman–Crippen MR) is 121 cm³/mol. The molecule has 2 N–H and O–H groups in total. The average Bonchev–Trinajstić information content (AvgIpc) is 3.22. The van der Waals surface area contributed by atoms with Crippen LogP contribution in [-0.4, -0.2) is 26.4 Å². The van der Waals surface area contributed by atoms with Gasteiger partial charge < -0.3 is 5.73 Å². The van der Waals surface area contributed by atoms with Gasteiger partial charge in [-0.05, 0) is 73.8 Å². The van der Waals surface area contributed by atoms with E-state index in [2.05, 4.69) is 58.2 Å². The minimum absolute atomic E-state index is 0.317. The molecule has 1 aromatic carbocycles. The third-order valence-electron chi connectivity index (χ3n) is 5.91. The first-order chi connectivity index (χ1) is 14.7. The summed E-state index contributed by atoms with van der Waals surface area (Å²) in [6, 6.07) is 19.0. The lowest BCUT2D eigenvalue weighted by molar-refractivity contribution is 0.245. The number of likely N-dealkylation sites (tertiary alicyclic amines) is 1. The molecule has 5 rings (SSSR count). The van der Waals surface area contributed by atoms with Crippen molar-refractivity contribution >= 4 is 16.7 Å². The first-order valence-corrected chi connectivity index (χ1v) is 10.4. The number of rotatable bonds is 4. The predicted octanol–water partition coefficient (Wildman–Crippen LogP) is 4.92. The fourth-order valence-corrected chi connectivity index (χ4v) is 4.47. The van der Waals surface area contributed by atoms with Gasteiger partial charge in [0.15, 0.2) is 0 Å². The zero-order valence-electron chi connectivity index (χ0n) is 17.1. The van der Waals surface area contributed by atoms with Crippen molar-refractivity contribution in [2.45, 2.75) is 32.4 Å². The Bertz CT molecular complexity index is 1180. The molecule has 150 valence electrons. The van der Waals surface area contributed by atoms with Gasteiger partial charge in [0.05, 0.1) is 17.3 Å². The first-order valence-electron chi connectivity index (χ1n) is 10.4. The average molecular weight is 396 g/mol. The molecule has 0 spiro atoms. The van der Waals surface area contributed by atoms with E-state index in [1.807, 2.05) is 30.6 Å². The summed E-state index contributed by atoms with van der Waals surface area (Å²) < 4.78 is 0. The number of benzene rings is 1. The molecule has 1 aliphatic rings. The number of fused-ring (bicyclic) bond motifs is 1. The fraction of sp³-hybridized carbons (Fsp3) is 0.240. The molecule has 4 aromatic rings. The second-order valence-electron chi connectivity index (χ2n) is 8.01. The van der Waals surface area contributed by atoms with Gasteiger partial charge in [-0.3, -0.25) is 14.9 Å². The molecule has 1 aliphatic heterocycles. The summed E-state index contributed by atoms with van der Waals surface area (Å²) in [5.41, 5.74) is 12.5. The molecule has 0 unspecified atom stereocenters. The molecule has 5 nitrogen and oxygen atoms in total. The van der Waals surface area contributed by atoms with Crippen molar-refractivity contribution in [2.24, 2.45) is 0 Å². The van der Waals surface area contributed by atoms with Crippen LogP contribution >= 0.6 is 0 Å². The maximum Gasteiger partial charge on any atom is 0.123 e. The van der Waals surface area contributed by atoms with Gasteiger partial charge in [-0.25, -0.2) is 4.98 Å². The van der Waals surface area contributed by atoms with Crippen LogP contribution in [0.1, 0.15) is 35.8 Å². The van der Waals surface area contributed by atoms with Gasteiger partial charge in [0.2, 0.25) is 0 Å². The molecule has 1 atom stereocenters. The van der Waals surface area contributed by atoms with E-state index < -0.39 is 0 Å². The van der Waals surface area contributed by atoms with Crippen molar-refractivity contribution in [1.82, 2.24) is 19.9 Å². The molecule has 1 saturated heterocycles. The molecule has 0 saturated carbocycles. The summed E-state index contributed by atoms with van der Waals surface area (Å²) in [5.74, 6) is 0.538. The minimum atomic E-state index is 0.317. The van der Waals surface area contributed by atoms with E-state index in [0.717, 1.165) is 47.5 Å². The van der Waals surface area contributed by atoms with E-state index in [-0.39, 0.29) is 0 Å². The van der Waals surface area contributed by atoms with Gasteiger partial charge in [0, 0.05) is 35.6 Å². The highest BCUT2D eigenvalue weighted by Crippen LogP contribution is 2.35. The zero-order chi connectivity index (χ0) is 20.5. The monoisotopic (exact) mass is 395 g/mol. The second kappa shape index (κ2) is 7.84. The van der Waals surface area contributed by atoms with Crippen molar-refractivity contribution in [2.75, 3.05) is 12.3 Å². The van der Waals surface area contributed by atoms with Crippen LogP contribution < -0.4 is 5.73 Å².